The van der Waals surface area contributed by atoms with Gasteiger partial charge in [-0.05, 0) is 36.6 Å². The Balaban J connectivity index is 1.86. The van der Waals surface area contributed by atoms with Gasteiger partial charge in [0.15, 0.2) is 5.82 Å². The van der Waals surface area contributed by atoms with Crippen molar-refractivity contribution in [3.63, 3.8) is 0 Å². The van der Waals surface area contributed by atoms with Crippen LogP contribution in [-0.4, -0.2) is 10.9 Å². The van der Waals surface area contributed by atoms with Crippen LogP contribution >= 0.6 is 0 Å². The number of rotatable bonds is 3. The van der Waals surface area contributed by atoms with Crippen LogP contribution in [0.15, 0.2) is 42.7 Å². The van der Waals surface area contributed by atoms with Gasteiger partial charge >= 0.3 is 0 Å². The van der Waals surface area contributed by atoms with Gasteiger partial charge < -0.3 is 5.32 Å². The van der Waals surface area contributed by atoms with Gasteiger partial charge in [-0.25, -0.2) is 8.78 Å². The predicted molar refractivity (Wildman–Crippen MR) is 70.1 cm³/mol. The van der Waals surface area contributed by atoms with Gasteiger partial charge in [-0.1, -0.05) is 12.1 Å². The van der Waals surface area contributed by atoms with Crippen LogP contribution in [0.2, 0.25) is 0 Å². The second-order valence-corrected chi connectivity index (χ2v) is 4.90. The van der Waals surface area contributed by atoms with Crippen LogP contribution in [0.1, 0.15) is 18.4 Å². The number of nitrogens with one attached hydrogen (secondary N) is 1. The smallest absolute Gasteiger partial charge is 0.235 e. The van der Waals surface area contributed by atoms with Crippen molar-refractivity contribution in [2.45, 2.75) is 18.3 Å². The first-order valence-corrected chi connectivity index (χ1v) is 6.29. The fourth-order valence-electron chi connectivity index (χ4n) is 2.28. The molecule has 1 saturated carbocycles. The van der Waals surface area contributed by atoms with E-state index < -0.39 is 11.2 Å². The van der Waals surface area contributed by atoms with Crippen molar-refractivity contribution in [2.75, 3.05) is 5.32 Å². The number of hydrogen-bond donors (Lipinski definition) is 1. The van der Waals surface area contributed by atoms with Crippen LogP contribution in [0, 0.1) is 11.6 Å². The summed E-state index contributed by atoms with van der Waals surface area (Å²) < 4.78 is 26.8. The van der Waals surface area contributed by atoms with Gasteiger partial charge in [-0.2, -0.15) is 0 Å². The molecule has 0 radical (unpaired) electrons. The molecule has 1 heterocycles. The maximum absolute atomic E-state index is 13.5. The minimum absolute atomic E-state index is 0.0904. The van der Waals surface area contributed by atoms with Crippen LogP contribution in [-0.2, 0) is 10.2 Å². The summed E-state index contributed by atoms with van der Waals surface area (Å²) in [4.78, 5) is 16.0. The Morgan fingerprint density at radius 3 is 2.70 bits per heavy atom. The SMILES string of the molecule is O=C(Nc1ccncc1F)C1(c2cccc(F)c2)CC1. The van der Waals surface area contributed by atoms with Crippen LogP contribution in [0.25, 0.3) is 0 Å². The topological polar surface area (TPSA) is 42.0 Å². The lowest BCUT2D eigenvalue weighted by atomic mass is 9.95. The highest BCUT2D eigenvalue weighted by Gasteiger charge is 2.51. The lowest BCUT2D eigenvalue weighted by Crippen LogP contribution is -2.28. The quantitative estimate of drug-likeness (QED) is 0.934. The number of nitrogens with zero attached hydrogens (tertiary/aromatic N) is 1. The molecule has 1 amide bonds. The van der Waals surface area contributed by atoms with E-state index in [-0.39, 0.29) is 17.4 Å². The molecule has 3 nitrogen and oxygen atoms in total. The van der Waals surface area contributed by atoms with Crippen LogP contribution < -0.4 is 5.32 Å². The maximum atomic E-state index is 13.5. The summed E-state index contributed by atoms with van der Waals surface area (Å²) >= 11 is 0. The van der Waals surface area contributed by atoms with E-state index in [1.807, 2.05) is 0 Å². The Labute approximate surface area is 114 Å². The summed E-state index contributed by atoms with van der Waals surface area (Å²) in [5.41, 5.74) is -0.0187. The minimum atomic E-state index is -0.738. The highest BCUT2D eigenvalue weighted by Crippen LogP contribution is 2.49. The Kier molecular flexibility index (Phi) is 2.97. The van der Waals surface area contributed by atoms with E-state index in [9.17, 15) is 13.6 Å². The van der Waals surface area contributed by atoms with Gasteiger partial charge in [0, 0.05) is 6.20 Å². The number of carbonyl (C=O) groups excluding carboxylic acids is 1. The van der Waals surface area contributed by atoms with Crippen molar-refractivity contribution in [3.8, 4) is 0 Å². The van der Waals surface area contributed by atoms with E-state index in [2.05, 4.69) is 10.3 Å². The zero-order valence-electron chi connectivity index (χ0n) is 10.6. The predicted octanol–water partition coefficient (Wildman–Crippen LogP) is 3.03. The van der Waals surface area contributed by atoms with Gasteiger partial charge in [-0.15, -0.1) is 0 Å². The number of hydrogen-bond acceptors (Lipinski definition) is 2. The van der Waals surface area contributed by atoms with E-state index in [0.29, 0.717) is 18.4 Å². The number of aromatic nitrogens is 1. The average Bonchev–Trinajstić information content (AvgIpc) is 3.23. The molecule has 0 unspecified atom stereocenters. The molecule has 0 spiro atoms. The summed E-state index contributed by atoms with van der Waals surface area (Å²) in [6, 6.07) is 7.38. The van der Waals surface area contributed by atoms with Crippen molar-refractivity contribution in [2.24, 2.45) is 0 Å². The fourth-order valence-corrected chi connectivity index (χ4v) is 2.28. The van der Waals surface area contributed by atoms with Crippen molar-refractivity contribution >= 4 is 11.6 Å². The summed E-state index contributed by atoms with van der Waals surface area (Å²) in [5.74, 6) is -1.28. The fraction of sp³-hybridized carbons (Fsp3) is 0.200. The van der Waals surface area contributed by atoms with Crippen molar-refractivity contribution in [1.29, 1.82) is 0 Å². The second kappa shape index (κ2) is 4.67. The summed E-state index contributed by atoms with van der Waals surface area (Å²) in [5, 5.41) is 2.55. The van der Waals surface area contributed by atoms with E-state index in [1.165, 1.54) is 24.4 Å². The normalized spacial score (nSPS) is 15.7. The third-order valence-electron chi connectivity index (χ3n) is 3.58. The third kappa shape index (κ3) is 2.15. The number of benzene rings is 1. The number of amides is 1. The zero-order valence-corrected chi connectivity index (χ0v) is 10.6. The lowest BCUT2D eigenvalue weighted by Gasteiger charge is -2.16. The molecular weight excluding hydrogens is 262 g/mol. The molecule has 1 aliphatic carbocycles. The highest BCUT2D eigenvalue weighted by molar-refractivity contribution is 6.01. The Hall–Kier alpha value is -2.30. The molecule has 102 valence electrons. The maximum Gasteiger partial charge on any atom is 0.235 e. The molecule has 5 heteroatoms. The molecule has 3 rings (SSSR count). The van der Waals surface area contributed by atoms with Gasteiger partial charge in [0.1, 0.15) is 5.82 Å². The molecular formula is C15H12F2N2O. The van der Waals surface area contributed by atoms with Crippen LogP contribution in [0.4, 0.5) is 14.5 Å². The van der Waals surface area contributed by atoms with Gasteiger partial charge in [0.2, 0.25) is 5.91 Å². The molecule has 1 fully saturated rings. The molecule has 1 N–H and O–H groups in total. The highest BCUT2D eigenvalue weighted by atomic mass is 19.1. The molecule has 1 aliphatic rings. The monoisotopic (exact) mass is 274 g/mol. The largest absolute Gasteiger partial charge is 0.323 e. The summed E-state index contributed by atoms with van der Waals surface area (Å²) in [7, 11) is 0. The first-order valence-electron chi connectivity index (χ1n) is 6.29. The van der Waals surface area contributed by atoms with E-state index in [0.717, 1.165) is 6.20 Å². The summed E-state index contributed by atoms with van der Waals surface area (Å²) in [6.45, 7) is 0. The van der Waals surface area contributed by atoms with E-state index in [4.69, 9.17) is 0 Å². The van der Waals surface area contributed by atoms with Gasteiger partial charge in [-0.3, -0.25) is 9.78 Å². The molecule has 1 aromatic carbocycles. The zero-order chi connectivity index (χ0) is 14.2. The van der Waals surface area contributed by atoms with Crippen molar-refractivity contribution in [3.05, 3.63) is 59.9 Å². The van der Waals surface area contributed by atoms with Gasteiger partial charge in [0.05, 0.1) is 17.3 Å². The standard InChI is InChI=1S/C15H12F2N2O/c16-11-3-1-2-10(8-11)15(5-6-15)14(20)19-13-4-7-18-9-12(13)17/h1-4,7-9H,5-6H2,(H,18,19,20). The van der Waals surface area contributed by atoms with Crippen LogP contribution in [0.5, 0.6) is 0 Å². The lowest BCUT2D eigenvalue weighted by molar-refractivity contribution is -0.118. The number of halogens is 2. The molecule has 2 aromatic rings. The average molecular weight is 274 g/mol. The van der Waals surface area contributed by atoms with Crippen molar-refractivity contribution in [1.82, 2.24) is 4.98 Å². The number of anilines is 1. The molecule has 0 saturated heterocycles. The molecule has 0 atom stereocenters. The molecule has 20 heavy (non-hydrogen) atoms. The molecule has 0 aliphatic heterocycles. The summed E-state index contributed by atoms with van der Waals surface area (Å²) in [6.07, 6.45) is 3.71. The Morgan fingerprint density at radius 1 is 1.25 bits per heavy atom. The third-order valence-corrected chi connectivity index (χ3v) is 3.58. The van der Waals surface area contributed by atoms with E-state index >= 15 is 0 Å². The van der Waals surface area contributed by atoms with Gasteiger partial charge in [0.25, 0.3) is 0 Å². The Bertz CT molecular complexity index is 668. The number of carbonyl (C=O) groups is 1. The second-order valence-electron chi connectivity index (χ2n) is 4.90. The Morgan fingerprint density at radius 2 is 2.05 bits per heavy atom. The molecule has 1 aromatic heterocycles. The minimum Gasteiger partial charge on any atom is -0.323 e. The number of pyridine rings is 1. The van der Waals surface area contributed by atoms with Crippen LogP contribution in [0.3, 0.4) is 0 Å². The van der Waals surface area contributed by atoms with E-state index in [1.54, 1.807) is 12.1 Å². The first-order chi connectivity index (χ1) is 9.62. The van der Waals surface area contributed by atoms with Crippen molar-refractivity contribution < 1.29 is 13.6 Å². The molecule has 0 bridgehead atoms. The first kappa shape index (κ1) is 12.7.